The minimum absolute atomic E-state index is 0.101. The lowest BCUT2D eigenvalue weighted by Crippen LogP contribution is -2.44. The average molecular weight is 272 g/mol. The van der Waals surface area contributed by atoms with Gasteiger partial charge in [-0.1, -0.05) is 13.8 Å². The number of hydrogen-bond donors (Lipinski definition) is 3. The van der Waals surface area contributed by atoms with Crippen LogP contribution >= 0.6 is 0 Å². The van der Waals surface area contributed by atoms with Crippen molar-refractivity contribution in [2.24, 2.45) is 11.3 Å². The molecule has 0 radical (unpaired) electrons. The number of hydrogen-bond acceptors (Lipinski definition) is 3. The zero-order valence-corrected chi connectivity index (χ0v) is 11.7. The van der Waals surface area contributed by atoms with E-state index in [-0.39, 0.29) is 11.4 Å². The number of carboxylic acid groups (broad SMARTS) is 1. The van der Waals surface area contributed by atoms with Crippen molar-refractivity contribution in [3.63, 3.8) is 0 Å². The molecule has 0 aromatic carbocycles. The Labute approximate surface area is 113 Å². The van der Waals surface area contributed by atoms with E-state index in [1.165, 1.54) is 0 Å². The van der Waals surface area contributed by atoms with Gasteiger partial charge in [0.1, 0.15) is 0 Å². The molecule has 6 heteroatoms. The number of carbonyl (C=O) groups excluding carboxylic acids is 1. The van der Waals surface area contributed by atoms with Crippen LogP contribution in [0.1, 0.15) is 33.1 Å². The first-order chi connectivity index (χ1) is 8.93. The second-order valence-electron chi connectivity index (χ2n) is 5.56. The van der Waals surface area contributed by atoms with E-state index in [2.05, 4.69) is 17.6 Å². The Morgan fingerprint density at radius 1 is 1.32 bits per heavy atom. The maximum Gasteiger partial charge on any atom is 0.314 e. The van der Waals surface area contributed by atoms with Crippen LogP contribution in [0.2, 0.25) is 0 Å². The van der Waals surface area contributed by atoms with Crippen LogP contribution in [0, 0.1) is 11.3 Å². The summed E-state index contributed by atoms with van der Waals surface area (Å²) in [5, 5.41) is 14.2. The Hall–Kier alpha value is -1.30. The maximum atomic E-state index is 11.6. The molecule has 2 amide bonds. The van der Waals surface area contributed by atoms with E-state index in [4.69, 9.17) is 9.84 Å². The van der Waals surface area contributed by atoms with Gasteiger partial charge in [-0.25, -0.2) is 4.79 Å². The first-order valence-electron chi connectivity index (χ1n) is 6.75. The highest BCUT2D eigenvalue weighted by atomic mass is 16.5. The summed E-state index contributed by atoms with van der Waals surface area (Å²) in [6, 6.07) is -0.231. The van der Waals surface area contributed by atoms with Crippen molar-refractivity contribution in [3.8, 4) is 0 Å². The van der Waals surface area contributed by atoms with Crippen LogP contribution in [0.5, 0.6) is 0 Å². The molecule has 1 saturated heterocycles. The highest BCUT2D eigenvalue weighted by molar-refractivity contribution is 5.74. The van der Waals surface area contributed by atoms with Crippen molar-refractivity contribution in [1.29, 1.82) is 0 Å². The highest BCUT2D eigenvalue weighted by Gasteiger charge is 2.27. The predicted molar refractivity (Wildman–Crippen MR) is 71.0 cm³/mol. The van der Waals surface area contributed by atoms with Crippen molar-refractivity contribution in [2.75, 3.05) is 26.3 Å². The van der Waals surface area contributed by atoms with Crippen LogP contribution in [-0.4, -0.2) is 43.4 Å². The van der Waals surface area contributed by atoms with Gasteiger partial charge in [-0.05, 0) is 24.7 Å². The maximum absolute atomic E-state index is 11.6. The first kappa shape index (κ1) is 15.8. The van der Waals surface area contributed by atoms with Gasteiger partial charge in [0.25, 0.3) is 0 Å². The third-order valence-corrected chi connectivity index (χ3v) is 3.66. The number of rotatable bonds is 6. The summed E-state index contributed by atoms with van der Waals surface area (Å²) in [5.74, 6) is -1.27. The number of ether oxygens (including phenoxy) is 1. The quantitative estimate of drug-likeness (QED) is 0.678. The minimum Gasteiger partial charge on any atom is -0.481 e. The molecule has 0 spiro atoms. The zero-order chi connectivity index (χ0) is 14.3. The largest absolute Gasteiger partial charge is 0.481 e. The third-order valence-electron chi connectivity index (χ3n) is 3.66. The first-order valence-corrected chi connectivity index (χ1v) is 6.75. The molecule has 1 aliphatic heterocycles. The van der Waals surface area contributed by atoms with Crippen molar-refractivity contribution >= 4 is 12.0 Å². The lowest BCUT2D eigenvalue weighted by Gasteiger charge is -2.33. The van der Waals surface area contributed by atoms with E-state index in [0.717, 1.165) is 26.1 Å². The Bertz CT molecular complexity index is 314. The van der Waals surface area contributed by atoms with E-state index in [1.54, 1.807) is 6.92 Å². The van der Waals surface area contributed by atoms with Crippen LogP contribution in [0.3, 0.4) is 0 Å². The SMILES string of the molecule is CC(CCNC(=O)NCC1(C)CCOCC1)C(=O)O. The molecule has 0 aliphatic carbocycles. The van der Waals surface area contributed by atoms with Gasteiger partial charge in [0.15, 0.2) is 0 Å². The summed E-state index contributed by atoms with van der Waals surface area (Å²) in [7, 11) is 0. The second-order valence-corrected chi connectivity index (χ2v) is 5.56. The van der Waals surface area contributed by atoms with Crippen LogP contribution in [0.15, 0.2) is 0 Å². The van der Waals surface area contributed by atoms with E-state index < -0.39 is 11.9 Å². The van der Waals surface area contributed by atoms with Gasteiger partial charge in [0.05, 0.1) is 5.92 Å². The summed E-state index contributed by atoms with van der Waals surface area (Å²) in [6.07, 6.45) is 2.33. The highest BCUT2D eigenvalue weighted by Crippen LogP contribution is 2.28. The number of aliphatic carboxylic acids is 1. The lowest BCUT2D eigenvalue weighted by molar-refractivity contribution is -0.141. The molecule has 0 saturated carbocycles. The van der Waals surface area contributed by atoms with Crippen LogP contribution in [0.4, 0.5) is 4.79 Å². The van der Waals surface area contributed by atoms with Gasteiger partial charge < -0.3 is 20.5 Å². The summed E-state index contributed by atoms with van der Waals surface area (Å²) >= 11 is 0. The monoisotopic (exact) mass is 272 g/mol. The van der Waals surface area contributed by atoms with E-state index in [1.807, 2.05) is 0 Å². The molecule has 19 heavy (non-hydrogen) atoms. The third kappa shape index (κ3) is 5.92. The standard InChI is InChI=1S/C13H24N2O4/c1-10(11(16)17)3-6-14-12(18)15-9-13(2)4-7-19-8-5-13/h10H,3-9H2,1-2H3,(H,16,17)(H2,14,15,18). The fourth-order valence-corrected chi connectivity index (χ4v) is 1.92. The molecule has 1 fully saturated rings. The average Bonchev–Trinajstić information content (AvgIpc) is 2.37. The molecular weight excluding hydrogens is 248 g/mol. The summed E-state index contributed by atoms with van der Waals surface area (Å²) in [5.41, 5.74) is 0.101. The molecular formula is C13H24N2O4. The molecule has 1 unspecified atom stereocenters. The van der Waals surface area contributed by atoms with Crippen LogP contribution < -0.4 is 10.6 Å². The Morgan fingerprint density at radius 3 is 2.53 bits per heavy atom. The van der Waals surface area contributed by atoms with E-state index >= 15 is 0 Å². The number of nitrogens with one attached hydrogen (secondary N) is 2. The predicted octanol–water partition coefficient (Wildman–Crippen LogP) is 1.21. The van der Waals surface area contributed by atoms with Gasteiger partial charge in [0, 0.05) is 26.3 Å². The van der Waals surface area contributed by atoms with E-state index in [9.17, 15) is 9.59 Å². The molecule has 0 aromatic heterocycles. The number of carbonyl (C=O) groups is 2. The fourth-order valence-electron chi connectivity index (χ4n) is 1.92. The Kier molecular flexibility index (Phi) is 6.08. The second kappa shape index (κ2) is 7.33. The summed E-state index contributed by atoms with van der Waals surface area (Å²) < 4.78 is 5.30. The van der Waals surface area contributed by atoms with E-state index in [0.29, 0.717) is 19.5 Å². The molecule has 6 nitrogen and oxygen atoms in total. The van der Waals surface area contributed by atoms with Crippen LogP contribution in [0.25, 0.3) is 0 Å². The number of amides is 2. The normalized spacial score (nSPS) is 19.5. The molecule has 0 bridgehead atoms. The number of carboxylic acids is 1. The van der Waals surface area contributed by atoms with Gasteiger partial charge >= 0.3 is 12.0 Å². The van der Waals surface area contributed by atoms with Gasteiger partial charge in [-0.15, -0.1) is 0 Å². The van der Waals surface area contributed by atoms with Crippen molar-refractivity contribution in [1.82, 2.24) is 10.6 Å². The molecule has 1 rings (SSSR count). The number of urea groups is 1. The molecule has 1 atom stereocenters. The lowest BCUT2D eigenvalue weighted by atomic mass is 9.82. The fraction of sp³-hybridized carbons (Fsp3) is 0.846. The van der Waals surface area contributed by atoms with Crippen LogP contribution in [-0.2, 0) is 9.53 Å². The smallest absolute Gasteiger partial charge is 0.314 e. The zero-order valence-electron chi connectivity index (χ0n) is 11.7. The topological polar surface area (TPSA) is 87.7 Å². The molecule has 0 aromatic rings. The van der Waals surface area contributed by atoms with Crippen molar-refractivity contribution in [2.45, 2.75) is 33.1 Å². The summed E-state index contributed by atoms with van der Waals surface area (Å²) in [6.45, 7) is 6.26. The van der Waals surface area contributed by atoms with Gasteiger partial charge in [0.2, 0.25) is 0 Å². The molecule has 1 aliphatic rings. The van der Waals surface area contributed by atoms with Gasteiger partial charge in [-0.3, -0.25) is 4.79 Å². The minimum atomic E-state index is -0.836. The molecule has 1 heterocycles. The van der Waals surface area contributed by atoms with Crippen molar-refractivity contribution in [3.05, 3.63) is 0 Å². The Morgan fingerprint density at radius 2 is 1.95 bits per heavy atom. The Balaban J connectivity index is 2.15. The summed E-state index contributed by atoms with van der Waals surface area (Å²) in [4.78, 5) is 22.2. The molecule has 3 N–H and O–H groups in total. The van der Waals surface area contributed by atoms with Crippen molar-refractivity contribution < 1.29 is 19.4 Å². The molecule has 110 valence electrons. The van der Waals surface area contributed by atoms with Gasteiger partial charge in [-0.2, -0.15) is 0 Å².